The number of benzene rings is 2. The van der Waals surface area contributed by atoms with Crippen LogP contribution in [0.25, 0.3) is 0 Å². The van der Waals surface area contributed by atoms with Crippen molar-refractivity contribution in [3.8, 4) is 5.75 Å². The molecule has 1 unspecified atom stereocenters. The van der Waals surface area contributed by atoms with Crippen LogP contribution in [0.5, 0.6) is 5.75 Å². The molecule has 1 aliphatic rings. The minimum absolute atomic E-state index is 0.0762. The summed E-state index contributed by atoms with van der Waals surface area (Å²) in [6.45, 7) is 6.20. The van der Waals surface area contributed by atoms with Crippen LogP contribution in [-0.4, -0.2) is 36.5 Å². The molecule has 1 saturated heterocycles. The highest BCUT2D eigenvalue weighted by atomic mass is 16.5. The third kappa shape index (κ3) is 5.28. The van der Waals surface area contributed by atoms with Crippen molar-refractivity contribution in [1.82, 2.24) is 15.5 Å². The molecule has 6 nitrogen and oxygen atoms in total. The molecule has 0 bridgehead atoms. The fourth-order valence-electron chi connectivity index (χ4n) is 3.67. The summed E-state index contributed by atoms with van der Waals surface area (Å²) in [5, 5.41) is 5.79. The molecule has 1 heterocycles. The maximum absolute atomic E-state index is 12.8. The van der Waals surface area contributed by atoms with E-state index in [9.17, 15) is 9.59 Å². The van der Waals surface area contributed by atoms with Crippen LogP contribution in [-0.2, 0) is 6.54 Å². The van der Waals surface area contributed by atoms with Gasteiger partial charge in [-0.1, -0.05) is 24.3 Å². The lowest BCUT2D eigenvalue weighted by atomic mass is 10.0. The first-order valence-electron chi connectivity index (χ1n) is 10.3. The number of ether oxygens (including phenoxy) is 1. The van der Waals surface area contributed by atoms with Crippen molar-refractivity contribution in [1.29, 1.82) is 0 Å². The topological polar surface area (TPSA) is 70.7 Å². The van der Waals surface area contributed by atoms with Crippen molar-refractivity contribution in [3.63, 3.8) is 0 Å². The summed E-state index contributed by atoms with van der Waals surface area (Å²) in [5.41, 5.74) is 2.63. The molecule has 0 aliphatic carbocycles. The zero-order valence-electron chi connectivity index (χ0n) is 17.1. The molecule has 154 valence electrons. The molecule has 1 aliphatic heterocycles. The summed E-state index contributed by atoms with van der Waals surface area (Å²) in [4.78, 5) is 26.7. The number of likely N-dealkylation sites (tertiary alicyclic amines) is 1. The van der Waals surface area contributed by atoms with E-state index in [1.165, 1.54) is 0 Å². The molecule has 6 heteroatoms. The number of hydrogen-bond acceptors (Lipinski definition) is 3. The Morgan fingerprint density at radius 2 is 1.90 bits per heavy atom. The van der Waals surface area contributed by atoms with Gasteiger partial charge in [-0.25, -0.2) is 4.79 Å². The van der Waals surface area contributed by atoms with Crippen molar-refractivity contribution >= 4 is 11.9 Å². The average molecular weight is 396 g/mol. The van der Waals surface area contributed by atoms with E-state index in [0.29, 0.717) is 25.3 Å². The van der Waals surface area contributed by atoms with Gasteiger partial charge in [-0.15, -0.1) is 0 Å². The highest BCUT2D eigenvalue weighted by molar-refractivity contribution is 5.94. The fraction of sp³-hybridized carbons (Fsp3) is 0.391. The first-order valence-corrected chi connectivity index (χ1v) is 10.3. The van der Waals surface area contributed by atoms with Gasteiger partial charge in [0, 0.05) is 25.2 Å². The van der Waals surface area contributed by atoms with Crippen molar-refractivity contribution in [3.05, 3.63) is 65.2 Å². The number of carbonyl (C=O) groups is 2. The van der Waals surface area contributed by atoms with Crippen molar-refractivity contribution in [2.75, 3.05) is 19.7 Å². The van der Waals surface area contributed by atoms with Crippen LogP contribution in [0.3, 0.4) is 0 Å². The van der Waals surface area contributed by atoms with Gasteiger partial charge in [0.15, 0.2) is 0 Å². The van der Waals surface area contributed by atoms with Crippen molar-refractivity contribution in [2.45, 2.75) is 39.3 Å². The minimum atomic E-state index is -0.101. The van der Waals surface area contributed by atoms with Gasteiger partial charge in [-0.2, -0.15) is 0 Å². The van der Waals surface area contributed by atoms with Gasteiger partial charge in [0.05, 0.1) is 12.6 Å². The van der Waals surface area contributed by atoms with Gasteiger partial charge in [-0.05, 0) is 62.1 Å². The van der Waals surface area contributed by atoms with Crippen LogP contribution in [0.2, 0.25) is 0 Å². The van der Waals surface area contributed by atoms with Crippen LogP contribution in [0.15, 0.2) is 48.5 Å². The van der Waals surface area contributed by atoms with Gasteiger partial charge in [0.1, 0.15) is 5.75 Å². The zero-order valence-corrected chi connectivity index (χ0v) is 17.1. The lowest BCUT2D eigenvalue weighted by molar-refractivity contribution is 0.0955. The third-order valence-electron chi connectivity index (χ3n) is 5.06. The SMILES string of the molecule is CCNC(=O)c1cccc(CNC(=O)N2CCCC2c2ccc(OCC)cc2)c1. The Kier molecular flexibility index (Phi) is 7.11. The number of rotatable bonds is 7. The number of urea groups is 1. The largest absolute Gasteiger partial charge is 0.494 e. The number of nitrogens with zero attached hydrogens (tertiary/aromatic N) is 1. The Hall–Kier alpha value is -3.02. The Morgan fingerprint density at radius 3 is 2.62 bits per heavy atom. The first-order chi connectivity index (χ1) is 14.1. The highest BCUT2D eigenvalue weighted by Crippen LogP contribution is 2.32. The smallest absolute Gasteiger partial charge is 0.318 e. The van der Waals surface area contributed by atoms with E-state index >= 15 is 0 Å². The Balaban J connectivity index is 1.61. The zero-order chi connectivity index (χ0) is 20.6. The van der Waals surface area contributed by atoms with E-state index in [1.807, 2.05) is 61.2 Å². The minimum Gasteiger partial charge on any atom is -0.494 e. The number of amides is 3. The molecule has 2 N–H and O–H groups in total. The van der Waals surface area contributed by atoms with Gasteiger partial charge < -0.3 is 20.3 Å². The molecule has 3 rings (SSSR count). The molecule has 0 saturated carbocycles. The molecule has 1 atom stereocenters. The number of hydrogen-bond donors (Lipinski definition) is 2. The lowest BCUT2D eigenvalue weighted by Crippen LogP contribution is -2.39. The van der Waals surface area contributed by atoms with E-state index < -0.39 is 0 Å². The molecule has 0 aromatic heterocycles. The second kappa shape index (κ2) is 9.96. The molecule has 3 amide bonds. The van der Waals surface area contributed by atoms with E-state index in [1.54, 1.807) is 6.07 Å². The molecule has 29 heavy (non-hydrogen) atoms. The van der Waals surface area contributed by atoms with E-state index in [-0.39, 0.29) is 18.0 Å². The van der Waals surface area contributed by atoms with Gasteiger partial charge in [0.25, 0.3) is 5.91 Å². The van der Waals surface area contributed by atoms with Crippen LogP contribution in [0.4, 0.5) is 4.79 Å². The molecule has 0 spiro atoms. The molecule has 2 aromatic carbocycles. The predicted octanol–water partition coefficient (Wildman–Crippen LogP) is 3.88. The standard InChI is InChI=1S/C23H29N3O3/c1-3-24-22(27)19-8-5-7-17(15-19)16-25-23(28)26-14-6-9-21(26)18-10-12-20(13-11-18)29-4-2/h5,7-8,10-13,15,21H,3-4,6,9,14,16H2,1-2H3,(H,24,27)(H,25,28). The summed E-state index contributed by atoms with van der Waals surface area (Å²) < 4.78 is 5.51. The third-order valence-corrected chi connectivity index (χ3v) is 5.06. The summed E-state index contributed by atoms with van der Waals surface area (Å²) in [6, 6.07) is 15.3. The summed E-state index contributed by atoms with van der Waals surface area (Å²) in [5.74, 6) is 0.744. The van der Waals surface area contributed by atoms with Gasteiger partial charge >= 0.3 is 6.03 Å². The highest BCUT2D eigenvalue weighted by Gasteiger charge is 2.29. The Bertz CT molecular complexity index is 836. The van der Waals surface area contributed by atoms with E-state index in [2.05, 4.69) is 10.6 Å². The second-order valence-corrected chi connectivity index (χ2v) is 7.07. The van der Waals surface area contributed by atoms with E-state index in [4.69, 9.17) is 4.74 Å². The van der Waals surface area contributed by atoms with Gasteiger partial charge in [-0.3, -0.25) is 4.79 Å². The fourth-order valence-corrected chi connectivity index (χ4v) is 3.67. The molecular formula is C23H29N3O3. The monoisotopic (exact) mass is 395 g/mol. The first kappa shape index (κ1) is 20.7. The normalized spacial score (nSPS) is 15.8. The maximum atomic E-state index is 12.8. The van der Waals surface area contributed by atoms with Crippen LogP contribution in [0.1, 0.15) is 54.2 Å². The maximum Gasteiger partial charge on any atom is 0.318 e. The molecule has 0 radical (unpaired) electrons. The predicted molar refractivity (Wildman–Crippen MR) is 113 cm³/mol. The van der Waals surface area contributed by atoms with Gasteiger partial charge in [0.2, 0.25) is 0 Å². The van der Waals surface area contributed by atoms with Crippen molar-refractivity contribution < 1.29 is 14.3 Å². The average Bonchev–Trinajstić information content (AvgIpc) is 3.23. The van der Waals surface area contributed by atoms with Crippen LogP contribution >= 0.6 is 0 Å². The Labute approximate surface area is 172 Å². The van der Waals surface area contributed by atoms with E-state index in [0.717, 1.165) is 36.3 Å². The quantitative estimate of drug-likeness (QED) is 0.747. The van der Waals surface area contributed by atoms with Crippen LogP contribution < -0.4 is 15.4 Å². The molecule has 2 aromatic rings. The lowest BCUT2D eigenvalue weighted by Gasteiger charge is -2.25. The summed E-state index contributed by atoms with van der Waals surface area (Å²) >= 11 is 0. The number of nitrogens with one attached hydrogen (secondary N) is 2. The molecule has 1 fully saturated rings. The van der Waals surface area contributed by atoms with Crippen LogP contribution in [0, 0.1) is 0 Å². The summed E-state index contributed by atoms with van der Waals surface area (Å²) in [7, 11) is 0. The Morgan fingerprint density at radius 1 is 1.10 bits per heavy atom. The second-order valence-electron chi connectivity index (χ2n) is 7.07. The number of carbonyl (C=O) groups excluding carboxylic acids is 2. The summed E-state index contributed by atoms with van der Waals surface area (Å²) in [6.07, 6.45) is 1.94. The molecular weight excluding hydrogens is 366 g/mol. The van der Waals surface area contributed by atoms with Crippen molar-refractivity contribution in [2.24, 2.45) is 0 Å².